The Morgan fingerprint density at radius 2 is 1.72 bits per heavy atom. The number of pyridine rings is 1. The van der Waals surface area contributed by atoms with E-state index in [2.05, 4.69) is 93.8 Å². The first-order chi connectivity index (χ1) is 22.6. The van der Waals surface area contributed by atoms with Crippen molar-refractivity contribution < 1.29 is 0 Å². The number of benzene rings is 1. The molecule has 2 unspecified atom stereocenters. The Labute approximate surface area is 286 Å². The molecule has 0 N–H and O–H groups in total. The van der Waals surface area contributed by atoms with E-state index in [-0.39, 0.29) is 5.41 Å². The summed E-state index contributed by atoms with van der Waals surface area (Å²) in [4.78, 5) is 7.61. The number of anilines is 1. The molecule has 4 saturated carbocycles. The number of fused-ring (bicyclic) bond motifs is 3. The van der Waals surface area contributed by atoms with Crippen LogP contribution < -0.4 is 4.90 Å². The highest BCUT2D eigenvalue weighted by Gasteiger charge is 2.50. The fourth-order valence-corrected chi connectivity index (χ4v) is 8.82. The first-order valence-corrected chi connectivity index (χ1v) is 18.8. The molecule has 0 saturated heterocycles. The third-order valence-electron chi connectivity index (χ3n) is 12.4. The number of rotatable bonds is 10. The lowest BCUT2D eigenvalue weighted by molar-refractivity contribution is 0.0460. The summed E-state index contributed by atoms with van der Waals surface area (Å²) in [6, 6.07) is 12.1. The van der Waals surface area contributed by atoms with E-state index in [9.17, 15) is 0 Å². The zero-order valence-corrected chi connectivity index (χ0v) is 30.7. The van der Waals surface area contributed by atoms with Crippen LogP contribution in [0, 0.1) is 23.7 Å². The summed E-state index contributed by atoms with van der Waals surface area (Å²) in [5, 5.41) is 4.63. The van der Waals surface area contributed by atoms with Crippen molar-refractivity contribution >= 4 is 5.82 Å². The number of allylic oxidation sites excluding steroid dienone is 2. The van der Waals surface area contributed by atoms with E-state index < -0.39 is 0 Å². The summed E-state index contributed by atoms with van der Waals surface area (Å²) in [7, 11) is 0. The first kappa shape index (κ1) is 35.2. The van der Waals surface area contributed by atoms with Gasteiger partial charge >= 0.3 is 0 Å². The van der Waals surface area contributed by atoms with Crippen LogP contribution >= 0.6 is 0 Å². The molecule has 47 heavy (non-hydrogen) atoms. The highest BCUT2D eigenvalue weighted by atomic mass is 15.3. The van der Waals surface area contributed by atoms with Gasteiger partial charge in [0.05, 0.1) is 6.20 Å². The molecule has 0 spiro atoms. The lowest BCUT2D eigenvalue weighted by atomic mass is 9.51. The van der Waals surface area contributed by atoms with E-state index in [1.54, 1.807) is 5.56 Å². The second-order valence-corrected chi connectivity index (χ2v) is 15.5. The Morgan fingerprint density at radius 3 is 2.34 bits per heavy atom. The molecule has 4 nitrogen and oxygen atoms in total. The van der Waals surface area contributed by atoms with Crippen LogP contribution in [0.25, 0.3) is 11.1 Å². The second kappa shape index (κ2) is 14.5. The van der Waals surface area contributed by atoms with E-state index in [1.807, 2.05) is 30.9 Å². The van der Waals surface area contributed by atoms with E-state index in [0.717, 1.165) is 24.3 Å². The lowest BCUT2D eigenvalue weighted by Gasteiger charge is -2.55. The molecule has 4 aliphatic carbocycles. The largest absolute Gasteiger partial charge is 0.330 e. The normalized spacial score (nSPS) is 27.1. The molecule has 0 radical (unpaired) electrons. The Bertz CT molecular complexity index is 1500. The Hall–Kier alpha value is -3.14. The summed E-state index contributed by atoms with van der Waals surface area (Å²) < 4.78 is 2.04. The zero-order valence-electron chi connectivity index (χ0n) is 30.7. The molecular weight excluding hydrogens is 573 g/mol. The van der Waals surface area contributed by atoms with Crippen molar-refractivity contribution in [1.82, 2.24) is 14.8 Å². The predicted octanol–water partition coefficient (Wildman–Crippen LogP) is 11.8. The smallest absolute Gasteiger partial charge is 0.133 e. The Kier molecular flexibility index (Phi) is 10.9. The highest BCUT2D eigenvalue weighted by molar-refractivity contribution is 5.66. The van der Waals surface area contributed by atoms with Gasteiger partial charge in [0.15, 0.2) is 0 Å². The van der Waals surface area contributed by atoms with Crippen molar-refractivity contribution in [1.29, 1.82) is 0 Å². The minimum Gasteiger partial charge on any atom is -0.330 e. The van der Waals surface area contributed by atoms with Gasteiger partial charge in [0.1, 0.15) is 5.82 Å². The molecule has 1 aromatic carbocycles. The van der Waals surface area contributed by atoms with Crippen molar-refractivity contribution in [2.45, 2.75) is 137 Å². The summed E-state index contributed by atoms with van der Waals surface area (Å²) in [5.74, 6) is 1.52. The molecule has 4 aliphatic rings. The maximum absolute atomic E-state index is 5.04. The van der Waals surface area contributed by atoms with Gasteiger partial charge in [-0.1, -0.05) is 65.0 Å². The van der Waals surface area contributed by atoms with Crippen LogP contribution in [0.5, 0.6) is 0 Å². The van der Waals surface area contributed by atoms with Crippen LogP contribution in [0.4, 0.5) is 5.82 Å². The maximum atomic E-state index is 5.04. The molecule has 7 rings (SSSR count). The first-order valence-electron chi connectivity index (χ1n) is 18.8. The number of aryl methyl sites for hydroxylation is 2. The number of aromatic nitrogens is 3. The number of nitrogens with zero attached hydrogens (tertiary/aromatic N) is 4. The van der Waals surface area contributed by atoms with Crippen LogP contribution in [0.2, 0.25) is 0 Å². The van der Waals surface area contributed by atoms with E-state index in [4.69, 9.17) is 11.6 Å². The summed E-state index contributed by atoms with van der Waals surface area (Å²) in [6.45, 7) is 25.4. The van der Waals surface area contributed by atoms with Gasteiger partial charge in [-0.3, -0.25) is 4.68 Å². The van der Waals surface area contributed by atoms with E-state index in [1.165, 1.54) is 93.0 Å². The lowest BCUT2D eigenvalue weighted by Crippen LogP contribution is -2.49. The van der Waals surface area contributed by atoms with Crippen LogP contribution in [-0.2, 0) is 11.8 Å². The average molecular weight is 635 g/mol. The van der Waals surface area contributed by atoms with Crippen molar-refractivity contribution in [2.24, 2.45) is 16.7 Å². The third-order valence-corrected chi connectivity index (χ3v) is 12.4. The number of hydrogen-bond acceptors (Lipinski definition) is 3. The molecule has 2 aromatic heterocycles. The van der Waals surface area contributed by atoms with Crippen molar-refractivity contribution in [3.63, 3.8) is 0 Å². The highest BCUT2D eigenvalue weighted by Crippen LogP contribution is 2.58. The fraction of sp³-hybridized carbons (Fsp3) is 0.581. The van der Waals surface area contributed by atoms with Gasteiger partial charge in [-0.15, -0.1) is 6.58 Å². The predicted molar refractivity (Wildman–Crippen MR) is 201 cm³/mol. The molecule has 2 heterocycles. The molecule has 0 aliphatic heterocycles. The van der Waals surface area contributed by atoms with Crippen LogP contribution in [-0.4, -0.2) is 21.3 Å². The summed E-state index contributed by atoms with van der Waals surface area (Å²) in [5.41, 5.74) is 9.04. The molecule has 254 valence electrons. The van der Waals surface area contributed by atoms with E-state index >= 15 is 0 Å². The van der Waals surface area contributed by atoms with Gasteiger partial charge in [0, 0.05) is 36.2 Å². The van der Waals surface area contributed by atoms with Gasteiger partial charge < -0.3 is 4.90 Å². The molecule has 4 fully saturated rings. The van der Waals surface area contributed by atoms with Gasteiger partial charge in [0.2, 0.25) is 0 Å². The fourth-order valence-electron chi connectivity index (χ4n) is 8.82. The Balaban J connectivity index is 0.00000213. The van der Waals surface area contributed by atoms with Gasteiger partial charge in [-0.05, 0) is 148 Å². The van der Waals surface area contributed by atoms with Crippen LogP contribution in [0.15, 0.2) is 73.9 Å². The van der Waals surface area contributed by atoms with Crippen LogP contribution in [0.1, 0.15) is 135 Å². The molecule has 2 bridgehead atoms. The van der Waals surface area contributed by atoms with Gasteiger partial charge in [0.25, 0.3) is 0 Å². The standard InChI is InChI=1S/C41H56N4.C2H6/c1-8-33-12-13-37(25-31(33)5)41-21-18-40(19-22-41,20-23-41)29-44(32(6)34-11-10-16-39(7,9-2)17-14-34)38-26-35(15-24-42-38)36-27-43-45(28-36)30(3)4;1-2/h9,12-13,15,24-28,30,34H,2,6,8,10-11,14,16-23,29H2,1,3-5,7H3;1-2H3. The van der Waals surface area contributed by atoms with Gasteiger partial charge in [-0.2, -0.15) is 5.10 Å². The molecule has 3 aromatic rings. The van der Waals surface area contributed by atoms with Gasteiger partial charge in [-0.25, -0.2) is 4.98 Å². The third kappa shape index (κ3) is 7.32. The molecule has 0 amide bonds. The monoisotopic (exact) mass is 634 g/mol. The minimum atomic E-state index is 0.233. The molecule has 2 atom stereocenters. The second-order valence-electron chi connectivity index (χ2n) is 15.5. The molecule has 4 heteroatoms. The summed E-state index contributed by atoms with van der Waals surface area (Å²) >= 11 is 0. The quantitative estimate of drug-likeness (QED) is 0.164. The van der Waals surface area contributed by atoms with E-state index in [0.29, 0.717) is 22.8 Å². The van der Waals surface area contributed by atoms with Crippen molar-refractivity contribution in [2.75, 3.05) is 11.4 Å². The van der Waals surface area contributed by atoms with Crippen LogP contribution in [0.3, 0.4) is 0 Å². The summed E-state index contributed by atoms with van der Waals surface area (Å²) in [6.07, 6.45) is 23.2. The molecular formula is C43H62N4. The van der Waals surface area contributed by atoms with Crippen molar-refractivity contribution in [3.05, 3.63) is 90.5 Å². The average Bonchev–Trinajstić information content (AvgIpc) is 3.53. The minimum absolute atomic E-state index is 0.233. The van der Waals surface area contributed by atoms with Crippen molar-refractivity contribution in [3.8, 4) is 11.1 Å². The SMILES string of the molecule is C=CC1(C)CCCC(C(=C)N(CC23CCC(c4ccc(CC)c(C)c4)(CC2)CC3)c2cc(-c3cnn(C(C)C)c3)ccn2)CC1.CC. The topological polar surface area (TPSA) is 34.0 Å². The number of hydrogen-bond donors (Lipinski definition) is 0. The Morgan fingerprint density at radius 1 is 1.00 bits per heavy atom. The maximum Gasteiger partial charge on any atom is 0.133 e. The zero-order chi connectivity index (χ0) is 33.8.